The van der Waals surface area contributed by atoms with E-state index in [1.165, 1.54) is 22.7 Å². The molecule has 0 bridgehead atoms. The number of benzene rings is 1. The predicted octanol–water partition coefficient (Wildman–Crippen LogP) is 3.78. The molecule has 140 valence electrons. The maximum atomic E-state index is 12.5. The van der Waals surface area contributed by atoms with E-state index in [0.29, 0.717) is 5.03 Å². The zero-order valence-electron chi connectivity index (χ0n) is 16.0. The fourth-order valence-electron chi connectivity index (χ4n) is 2.48. The lowest BCUT2D eigenvalue weighted by Gasteiger charge is -2.20. The van der Waals surface area contributed by atoms with Crippen molar-refractivity contribution in [2.45, 2.75) is 40.5 Å². The molecule has 5 nitrogen and oxygen atoms in total. The van der Waals surface area contributed by atoms with Crippen LogP contribution in [0.2, 0.25) is 0 Å². The normalized spacial score (nSPS) is 16.5. The molecule has 1 aliphatic heterocycles. The average molecular weight is 375 g/mol. The van der Waals surface area contributed by atoms with Crippen LogP contribution >= 0.6 is 11.8 Å². The number of rotatable bonds is 5. The second-order valence-corrected chi connectivity index (χ2v) is 8.65. The maximum Gasteiger partial charge on any atom is 0.244 e. The monoisotopic (exact) mass is 374 g/mol. The Labute approximate surface area is 159 Å². The Morgan fingerprint density at radius 1 is 1.27 bits per heavy atom. The zero-order valence-corrected chi connectivity index (χ0v) is 16.8. The first-order valence-corrected chi connectivity index (χ1v) is 9.66. The second-order valence-electron chi connectivity index (χ2n) is 7.66. The Balaban J connectivity index is 2.13. The number of hydrogen-bond acceptors (Lipinski definition) is 4. The summed E-state index contributed by atoms with van der Waals surface area (Å²) in [5.74, 6) is 0.0259. The van der Waals surface area contributed by atoms with Gasteiger partial charge in [-0.2, -0.15) is 0 Å². The molecule has 1 N–H and O–H groups in total. The number of amides is 2. The molecule has 26 heavy (non-hydrogen) atoms. The van der Waals surface area contributed by atoms with Crippen LogP contribution in [0.25, 0.3) is 0 Å². The van der Waals surface area contributed by atoms with Crippen molar-refractivity contribution in [3.8, 4) is 0 Å². The molecule has 1 heterocycles. The number of carbonyl (C=O) groups is 3. The van der Waals surface area contributed by atoms with Crippen molar-refractivity contribution >= 4 is 35.0 Å². The maximum absolute atomic E-state index is 12.5. The largest absolute Gasteiger partial charge is 0.324 e. The van der Waals surface area contributed by atoms with Crippen LogP contribution < -0.4 is 5.32 Å². The van der Waals surface area contributed by atoms with E-state index in [1.54, 1.807) is 0 Å². The van der Waals surface area contributed by atoms with Crippen LogP contribution in [-0.4, -0.2) is 34.8 Å². The van der Waals surface area contributed by atoms with Crippen LogP contribution in [0.1, 0.15) is 46.1 Å². The zero-order chi connectivity index (χ0) is 19.5. The SMILES string of the molecule is CC(C)c1ccccc1NC(=O)CN1C(=O)CS/C1=C\C(=O)C(C)(C)C. The quantitative estimate of drug-likeness (QED) is 0.797. The lowest BCUT2D eigenvalue weighted by atomic mass is 9.91. The van der Waals surface area contributed by atoms with Crippen LogP contribution in [0.4, 0.5) is 5.69 Å². The first-order chi connectivity index (χ1) is 12.1. The van der Waals surface area contributed by atoms with Gasteiger partial charge in [-0.1, -0.05) is 64.6 Å². The summed E-state index contributed by atoms with van der Waals surface area (Å²) in [6.07, 6.45) is 1.48. The third-order valence-electron chi connectivity index (χ3n) is 4.06. The Morgan fingerprint density at radius 3 is 2.54 bits per heavy atom. The molecule has 1 aromatic rings. The molecule has 1 saturated heterocycles. The highest BCUT2D eigenvalue weighted by atomic mass is 32.2. The van der Waals surface area contributed by atoms with Crippen molar-refractivity contribution < 1.29 is 14.4 Å². The molecule has 0 aromatic heterocycles. The third-order valence-corrected chi connectivity index (χ3v) is 5.09. The van der Waals surface area contributed by atoms with Crippen molar-refractivity contribution in [1.82, 2.24) is 4.90 Å². The molecule has 0 radical (unpaired) electrons. The van der Waals surface area contributed by atoms with Gasteiger partial charge in [-0.25, -0.2) is 0 Å². The van der Waals surface area contributed by atoms with Crippen molar-refractivity contribution in [2.24, 2.45) is 5.41 Å². The van der Waals surface area contributed by atoms with E-state index in [0.717, 1.165) is 11.3 Å². The summed E-state index contributed by atoms with van der Waals surface area (Å²) in [5.41, 5.74) is 1.27. The second kappa shape index (κ2) is 8.08. The number of nitrogens with one attached hydrogen (secondary N) is 1. The summed E-state index contributed by atoms with van der Waals surface area (Å²) in [4.78, 5) is 38.3. The molecule has 1 aliphatic rings. The highest BCUT2D eigenvalue weighted by molar-refractivity contribution is 8.04. The minimum absolute atomic E-state index is 0.0646. The fraction of sp³-hybridized carbons (Fsp3) is 0.450. The molecule has 1 aromatic carbocycles. The molecule has 1 fully saturated rings. The Kier molecular flexibility index (Phi) is 6.29. The summed E-state index contributed by atoms with van der Waals surface area (Å²) in [5, 5.41) is 3.43. The van der Waals surface area contributed by atoms with Gasteiger partial charge in [0.2, 0.25) is 11.8 Å². The van der Waals surface area contributed by atoms with E-state index in [9.17, 15) is 14.4 Å². The third kappa shape index (κ3) is 4.97. The van der Waals surface area contributed by atoms with Crippen molar-refractivity contribution in [3.05, 3.63) is 40.9 Å². The number of thioether (sulfide) groups is 1. The number of allylic oxidation sites excluding steroid dienone is 1. The molecule has 2 amide bonds. The molecular formula is C20H26N2O3S. The topological polar surface area (TPSA) is 66.5 Å². The standard InChI is InChI=1S/C20H26N2O3S/c1-13(2)14-8-6-7-9-15(14)21-17(24)11-22-18(25)12-26-19(22)10-16(23)20(3,4)5/h6-10,13H,11-12H2,1-5H3,(H,21,24)/b19-10-. The number of carbonyl (C=O) groups excluding carboxylic acids is 3. The summed E-state index contributed by atoms with van der Waals surface area (Å²) in [6, 6.07) is 7.63. The van der Waals surface area contributed by atoms with Crippen molar-refractivity contribution in [1.29, 1.82) is 0 Å². The van der Waals surface area contributed by atoms with Gasteiger partial charge in [-0.15, -0.1) is 0 Å². The number of nitrogens with zero attached hydrogens (tertiary/aromatic N) is 1. The Morgan fingerprint density at radius 2 is 1.92 bits per heavy atom. The van der Waals surface area contributed by atoms with Gasteiger partial charge >= 0.3 is 0 Å². The Hall–Kier alpha value is -2.08. The van der Waals surface area contributed by atoms with Crippen LogP contribution in [0, 0.1) is 5.41 Å². The average Bonchev–Trinajstić information content (AvgIpc) is 2.87. The molecule has 0 atom stereocenters. The molecule has 0 unspecified atom stereocenters. The van der Waals surface area contributed by atoms with Crippen LogP contribution in [0.5, 0.6) is 0 Å². The van der Waals surface area contributed by atoms with Crippen LogP contribution in [0.15, 0.2) is 35.4 Å². The van der Waals surface area contributed by atoms with Gasteiger partial charge in [0.15, 0.2) is 5.78 Å². The van der Waals surface area contributed by atoms with Crippen molar-refractivity contribution in [3.63, 3.8) is 0 Å². The van der Waals surface area contributed by atoms with E-state index in [1.807, 2.05) is 45.0 Å². The van der Waals surface area contributed by atoms with Gasteiger partial charge in [0.25, 0.3) is 0 Å². The van der Waals surface area contributed by atoms with Gasteiger partial charge in [0.05, 0.1) is 10.8 Å². The van der Waals surface area contributed by atoms with E-state index in [2.05, 4.69) is 19.2 Å². The number of ketones is 1. The lowest BCUT2D eigenvalue weighted by molar-refractivity contribution is -0.129. The fourth-order valence-corrected chi connectivity index (χ4v) is 3.42. The van der Waals surface area contributed by atoms with E-state index in [4.69, 9.17) is 0 Å². The van der Waals surface area contributed by atoms with Gasteiger partial charge < -0.3 is 5.32 Å². The van der Waals surface area contributed by atoms with Crippen molar-refractivity contribution in [2.75, 3.05) is 17.6 Å². The first kappa shape index (κ1) is 20.2. The van der Waals surface area contributed by atoms with E-state index >= 15 is 0 Å². The molecule has 0 saturated carbocycles. The minimum atomic E-state index is -0.524. The molecule has 2 rings (SSSR count). The summed E-state index contributed by atoms with van der Waals surface area (Å²) < 4.78 is 0. The number of para-hydroxylation sites is 1. The smallest absolute Gasteiger partial charge is 0.244 e. The van der Waals surface area contributed by atoms with Gasteiger partial charge in [-0.05, 0) is 17.5 Å². The van der Waals surface area contributed by atoms with E-state index in [-0.39, 0.29) is 35.8 Å². The van der Waals surface area contributed by atoms with Gasteiger partial charge in [-0.3, -0.25) is 19.3 Å². The predicted molar refractivity (Wildman–Crippen MR) is 106 cm³/mol. The van der Waals surface area contributed by atoms with Gasteiger partial charge in [0, 0.05) is 17.2 Å². The molecule has 6 heteroatoms. The molecular weight excluding hydrogens is 348 g/mol. The number of anilines is 1. The first-order valence-electron chi connectivity index (χ1n) is 8.67. The lowest BCUT2D eigenvalue weighted by Crippen LogP contribution is -2.34. The van der Waals surface area contributed by atoms with Crippen LogP contribution in [0.3, 0.4) is 0 Å². The highest BCUT2D eigenvalue weighted by Gasteiger charge is 2.31. The highest BCUT2D eigenvalue weighted by Crippen LogP contribution is 2.30. The van der Waals surface area contributed by atoms with Crippen LogP contribution in [-0.2, 0) is 14.4 Å². The van der Waals surface area contributed by atoms with E-state index < -0.39 is 5.41 Å². The minimum Gasteiger partial charge on any atom is -0.324 e. The Bertz CT molecular complexity index is 748. The summed E-state index contributed by atoms with van der Waals surface area (Å²) in [6.45, 7) is 9.51. The summed E-state index contributed by atoms with van der Waals surface area (Å²) in [7, 11) is 0. The molecule has 0 spiro atoms. The summed E-state index contributed by atoms with van der Waals surface area (Å²) >= 11 is 1.30. The number of hydrogen-bond donors (Lipinski definition) is 1. The molecule has 0 aliphatic carbocycles. The van der Waals surface area contributed by atoms with Gasteiger partial charge in [0.1, 0.15) is 6.54 Å².